The number of carbonyl (C=O) groups is 2. The highest BCUT2D eigenvalue weighted by molar-refractivity contribution is 6.34. The number of nitrogens with zero attached hydrogens (tertiary/aromatic N) is 2. The van der Waals surface area contributed by atoms with Crippen LogP contribution in [0.2, 0.25) is 10.3 Å². The summed E-state index contributed by atoms with van der Waals surface area (Å²) in [5, 5.41) is 19.3. The van der Waals surface area contributed by atoms with Crippen LogP contribution >= 0.6 is 23.2 Å². The molecule has 318 valence electrons. The van der Waals surface area contributed by atoms with E-state index in [9.17, 15) is 14.7 Å². The van der Waals surface area contributed by atoms with Crippen LogP contribution in [0.25, 0.3) is 11.3 Å². The Bertz CT molecular complexity index is 2280. The van der Waals surface area contributed by atoms with Gasteiger partial charge in [0.05, 0.1) is 63.9 Å². The van der Waals surface area contributed by atoms with E-state index >= 15 is 0 Å². The molecule has 15 heteroatoms. The van der Waals surface area contributed by atoms with Crippen LogP contribution in [0, 0.1) is 0 Å². The van der Waals surface area contributed by atoms with E-state index in [1.165, 1.54) is 33.5 Å². The van der Waals surface area contributed by atoms with Gasteiger partial charge in [-0.3, -0.25) is 9.59 Å². The maximum Gasteiger partial charge on any atom is 0.254 e. The van der Waals surface area contributed by atoms with Gasteiger partial charge in [0.2, 0.25) is 5.75 Å². The van der Waals surface area contributed by atoms with Crippen LogP contribution in [0.1, 0.15) is 26.3 Å². The summed E-state index contributed by atoms with van der Waals surface area (Å²) >= 11 is 11.5. The number of ether oxygens (including phenoxy) is 5. The first-order chi connectivity index (χ1) is 29.7. The lowest BCUT2D eigenvalue weighted by atomic mass is 10.0. The Morgan fingerprint density at radius 3 is 1.69 bits per heavy atom. The molecule has 4 aromatic carbocycles. The zero-order chi connectivity index (χ0) is 43.4. The Morgan fingerprint density at radius 2 is 1.18 bits per heavy atom. The number of amides is 2. The average molecular weight is 869 g/mol. The van der Waals surface area contributed by atoms with Gasteiger partial charge in [-0.05, 0) is 72.6 Å². The first kappa shape index (κ1) is 45.5. The number of rotatable bonds is 19. The van der Waals surface area contributed by atoms with Crippen molar-refractivity contribution in [1.29, 1.82) is 0 Å². The molecule has 13 nitrogen and oxygen atoms in total. The summed E-state index contributed by atoms with van der Waals surface area (Å²) in [6.45, 7) is 1.24. The quantitative estimate of drug-likeness (QED) is 0.0465. The minimum Gasteiger partial charge on any atom is -0.493 e. The van der Waals surface area contributed by atoms with Crippen LogP contribution in [-0.2, 0) is 6.42 Å². The minimum absolute atomic E-state index is 0.0824. The zero-order valence-corrected chi connectivity index (χ0v) is 35.4. The van der Waals surface area contributed by atoms with Crippen molar-refractivity contribution in [2.75, 3.05) is 59.6 Å². The molecule has 2 amide bonds. The van der Waals surface area contributed by atoms with Crippen LogP contribution in [0.5, 0.6) is 28.7 Å². The molecular formula is C46H47Cl2N5O8. The predicted octanol–water partition coefficient (Wildman–Crippen LogP) is 7.80. The van der Waals surface area contributed by atoms with Gasteiger partial charge in [-0.25, -0.2) is 9.97 Å². The van der Waals surface area contributed by atoms with Gasteiger partial charge in [-0.1, -0.05) is 89.9 Å². The van der Waals surface area contributed by atoms with E-state index in [1.807, 2.05) is 91.0 Å². The van der Waals surface area contributed by atoms with Crippen LogP contribution in [0.3, 0.4) is 0 Å². The molecule has 0 aliphatic heterocycles. The van der Waals surface area contributed by atoms with Crippen molar-refractivity contribution in [3.05, 3.63) is 154 Å². The van der Waals surface area contributed by atoms with Crippen molar-refractivity contribution in [3.8, 4) is 40.0 Å². The topological polar surface area (TPSA) is 162 Å². The van der Waals surface area contributed by atoms with Gasteiger partial charge in [0.15, 0.2) is 11.5 Å². The number of aliphatic hydroxyl groups is 1. The van der Waals surface area contributed by atoms with Crippen molar-refractivity contribution in [2.24, 2.45) is 0 Å². The molecule has 0 saturated carbocycles. The predicted molar refractivity (Wildman–Crippen MR) is 237 cm³/mol. The number of methoxy groups -OCH3 is 3. The lowest BCUT2D eigenvalue weighted by molar-refractivity contribution is 0.0939. The monoisotopic (exact) mass is 867 g/mol. The van der Waals surface area contributed by atoms with Gasteiger partial charge in [0.1, 0.15) is 40.8 Å². The second-order valence-electron chi connectivity index (χ2n) is 13.0. The highest BCUT2D eigenvalue weighted by atomic mass is 35.5. The molecule has 0 aliphatic carbocycles. The summed E-state index contributed by atoms with van der Waals surface area (Å²) in [5.41, 5.74) is 2.73. The normalized spacial score (nSPS) is 10.9. The first-order valence-electron chi connectivity index (χ1n) is 19.2. The maximum absolute atomic E-state index is 13.4. The van der Waals surface area contributed by atoms with Crippen molar-refractivity contribution in [1.82, 2.24) is 20.6 Å². The number of hydrogen-bond acceptors (Lipinski definition) is 11. The second kappa shape index (κ2) is 23.9. The van der Waals surface area contributed by atoms with E-state index in [0.717, 1.165) is 17.1 Å². The van der Waals surface area contributed by atoms with Crippen LogP contribution < -0.4 is 39.6 Å². The number of aliphatic hydroxyl groups excluding tert-OH is 1. The summed E-state index contributed by atoms with van der Waals surface area (Å²) in [5.74, 6) is 2.67. The van der Waals surface area contributed by atoms with Crippen molar-refractivity contribution in [2.45, 2.75) is 12.5 Å². The van der Waals surface area contributed by atoms with Gasteiger partial charge in [-0.15, -0.1) is 0 Å². The molecule has 2 aromatic heterocycles. The molecule has 4 N–H and O–H groups in total. The average Bonchev–Trinajstić information content (AvgIpc) is 3.29. The molecule has 0 unspecified atom stereocenters. The molecule has 0 fully saturated rings. The smallest absolute Gasteiger partial charge is 0.254 e. The number of aromatic nitrogens is 2. The van der Waals surface area contributed by atoms with Crippen molar-refractivity contribution < 1.29 is 38.4 Å². The summed E-state index contributed by atoms with van der Waals surface area (Å²) in [4.78, 5) is 33.8. The number of hydrogen-bond donors (Lipinski definition) is 4. The van der Waals surface area contributed by atoms with E-state index in [-0.39, 0.29) is 40.3 Å². The number of pyridine rings is 2. The summed E-state index contributed by atoms with van der Waals surface area (Å²) in [6, 6.07) is 38.4. The number of benzene rings is 4. The van der Waals surface area contributed by atoms with Gasteiger partial charge in [0.25, 0.3) is 11.8 Å². The van der Waals surface area contributed by atoms with Crippen molar-refractivity contribution in [3.63, 3.8) is 0 Å². The Morgan fingerprint density at radius 1 is 0.656 bits per heavy atom. The lowest BCUT2D eigenvalue weighted by Gasteiger charge is -2.19. The Balaban J connectivity index is 0.000000294. The van der Waals surface area contributed by atoms with Gasteiger partial charge >= 0.3 is 0 Å². The second-order valence-corrected chi connectivity index (χ2v) is 13.8. The van der Waals surface area contributed by atoms with E-state index in [0.29, 0.717) is 72.6 Å². The van der Waals surface area contributed by atoms with Gasteiger partial charge in [-0.2, -0.15) is 0 Å². The van der Waals surface area contributed by atoms with Crippen LogP contribution in [0.4, 0.5) is 5.82 Å². The first-order valence-corrected chi connectivity index (χ1v) is 19.9. The van der Waals surface area contributed by atoms with E-state index < -0.39 is 0 Å². The molecule has 0 bridgehead atoms. The number of para-hydroxylation sites is 2. The van der Waals surface area contributed by atoms with Gasteiger partial charge < -0.3 is 44.7 Å². The fourth-order valence-corrected chi connectivity index (χ4v) is 6.33. The molecule has 0 saturated heterocycles. The summed E-state index contributed by atoms with van der Waals surface area (Å²) < 4.78 is 27.7. The van der Waals surface area contributed by atoms with Crippen molar-refractivity contribution >= 4 is 40.8 Å². The number of anilines is 1. The van der Waals surface area contributed by atoms with E-state index in [1.54, 1.807) is 24.3 Å². The third-order valence-corrected chi connectivity index (χ3v) is 9.33. The Kier molecular flexibility index (Phi) is 17.8. The third kappa shape index (κ3) is 13.8. The number of carbonyl (C=O) groups excluding carboxylic acids is 2. The van der Waals surface area contributed by atoms with Crippen LogP contribution in [0.15, 0.2) is 127 Å². The van der Waals surface area contributed by atoms with Crippen LogP contribution in [-0.4, -0.2) is 87.2 Å². The molecule has 6 rings (SSSR count). The lowest BCUT2D eigenvalue weighted by Crippen LogP contribution is -2.29. The fourth-order valence-electron chi connectivity index (χ4n) is 5.90. The number of nitrogens with one attached hydrogen (secondary N) is 3. The molecule has 6 aromatic rings. The third-order valence-electron chi connectivity index (χ3n) is 8.83. The molecular weight excluding hydrogens is 821 g/mol. The molecule has 0 spiro atoms. The summed E-state index contributed by atoms with van der Waals surface area (Å²) in [7, 11) is 4.59. The molecule has 0 radical (unpaired) electrons. The zero-order valence-electron chi connectivity index (χ0n) is 33.9. The van der Waals surface area contributed by atoms with E-state index in [2.05, 4.69) is 20.9 Å². The SMILES string of the molecule is COc1cc(-c2nc(N[C@H](CO)Cc3ccccc3)ccc2C(=O)NCCOc2ccccc2)cc(OC)c1OC.O=C(NCCOc1ccccc1)c1ccc(Cl)nc1Cl. The molecule has 2 heterocycles. The standard InChI is InChI=1S/C32H35N3O6.C14H12Cl2N2O2/c1-38-27-19-23(20-28(39-2)31(27)40-3)30-26(32(37)33-16-17-41-25-12-8-5-9-13-25)14-15-29(35-30)34-24(21-36)18-22-10-6-4-7-11-22;15-12-7-6-11(13(16)18-12)14(19)17-8-9-20-10-4-2-1-3-5-10/h4-15,19-20,24,36H,16-18,21H2,1-3H3,(H,33,37)(H,34,35);1-7H,8-9H2,(H,17,19)/t24-;/m0./s1. The highest BCUT2D eigenvalue weighted by Gasteiger charge is 2.21. The molecule has 0 aliphatic rings. The number of halogens is 2. The molecule has 61 heavy (non-hydrogen) atoms. The Hall–Kier alpha value is -6.54. The van der Waals surface area contributed by atoms with Gasteiger partial charge in [0, 0.05) is 5.56 Å². The van der Waals surface area contributed by atoms with E-state index in [4.69, 9.17) is 51.9 Å². The molecule has 1 atom stereocenters. The largest absolute Gasteiger partial charge is 0.493 e. The fraction of sp³-hybridized carbons (Fsp3) is 0.217. The Labute approximate surface area is 364 Å². The maximum atomic E-state index is 13.4. The summed E-state index contributed by atoms with van der Waals surface area (Å²) in [6.07, 6.45) is 0.599. The minimum atomic E-state index is -0.313. The highest BCUT2D eigenvalue weighted by Crippen LogP contribution is 2.41.